The summed E-state index contributed by atoms with van der Waals surface area (Å²) in [5.74, 6) is -2.15. The van der Waals surface area contributed by atoms with Gasteiger partial charge in [-0.3, -0.25) is 0 Å². The van der Waals surface area contributed by atoms with Crippen LogP contribution >= 0.6 is 22.7 Å². The summed E-state index contributed by atoms with van der Waals surface area (Å²) >= 11 is 1.99. The second kappa shape index (κ2) is 14.5. The van der Waals surface area contributed by atoms with Gasteiger partial charge in [-0.05, 0) is 26.0 Å². The standard InChI is InChI=1S/C8H7F3O5S2.C7H8O3S.C2F6O5S2/c1-4-3-5(6(17-4)7(12)15-2)16-18(13,14)8(9,10)11;1-4-3-5(8)6(11-4)7(9)10-2;3-1(4,5)14(9,10)13-15(11,12)2(6,7)8/h3H,1-2H3;3,8H,1-2H3;. The number of halogens is 9. The molecule has 0 spiro atoms. The number of hydrogen-bond donors (Lipinski definition) is 1. The van der Waals surface area contributed by atoms with Crippen LogP contribution < -0.4 is 4.18 Å². The van der Waals surface area contributed by atoms with E-state index in [1.165, 1.54) is 31.4 Å². The van der Waals surface area contributed by atoms with Crippen LogP contribution in [0.25, 0.3) is 0 Å². The molecule has 1 N–H and O–H groups in total. The van der Waals surface area contributed by atoms with E-state index in [0.29, 0.717) is 4.88 Å². The second-order valence-electron chi connectivity index (χ2n) is 6.96. The number of rotatable bonds is 6. The molecule has 2 aromatic rings. The zero-order valence-corrected chi connectivity index (χ0v) is 25.5. The monoisotopic (exact) mass is 758 g/mol. The minimum atomic E-state index is -6.85. The van der Waals surface area contributed by atoms with Crippen molar-refractivity contribution in [1.29, 1.82) is 0 Å². The van der Waals surface area contributed by atoms with Gasteiger partial charge in [0, 0.05) is 9.75 Å². The van der Waals surface area contributed by atoms with Crippen molar-refractivity contribution >= 4 is 65.0 Å². The van der Waals surface area contributed by atoms with Crippen LogP contribution in [0.15, 0.2) is 12.1 Å². The van der Waals surface area contributed by atoms with Crippen LogP contribution in [0, 0.1) is 13.8 Å². The highest BCUT2D eigenvalue weighted by atomic mass is 32.3. The highest BCUT2D eigenvalue weighted by Crippen LogP contribution is 2.35. The zero-order valence-electron chi connectivity index (χ0n) is 21.4. The molecule has 44 heavy (non-hydrogen) atoms. The number of carbonyl (C=O) groups is 2. The Morgan fingerprint density at radius 3 is 1.32 bits per heavy atom. The van der Waals surface area contributed by atoms with E-state index in [4.69, 9.17) is 5.11 Å². The van der Waals surface area contributed by atoms with Crippen molar-refractivity contribution in [1.82, 2.24) is 0 Å². The summed E-state index contributed by atoms with van der Waals surface area (Å²) in [4.78, 5) is 23.3. The van der Waals surface area contributed by atoms with Crippen molar-refractivity contribution in [2.24, 2.45) is 0 Å². The predicted octanol–water partition coefficient (Wildman–Crippen LogP) is 4.32. The highest BCUT2D eigenvalue weighted by Gasteiger charge is 2.57. The maximum absolute atomic E-state index is 12.1. The molecule has 2 rings (SSSR count). The summed E-state index contributed by atoms with van der Waals surface area (Å²) < 4.78 is 181. The van der Waals surface area contributed by atoms with Gasteiger partial charge in [0.05, 0.1) is 14.2 Å². The molecule has 0 amide bonds. The van der Waals surface area contributed by atoms with Crippen LogP contribution in [-0.4, -0.2) is 73.0 Å². The number of ether oxygens (including phenoxy) is 2. The summed E-state index contributed by atoms with van der Waals surface area (Å²) in [6.07, 6.45) is 0. The van der Waals surface area contributed by atoms with E-state index in [9.17, 15) is 74.4 Å². The molecule has 0 aliphatic carbocycles. The molecule has 0 aromatic carbocycles. The van der Waals surface area contributed by atoms with Gasteiger partial charge in [-0.25, -0.2) is 9.59 Å². The molecule has 0 aliphatic heterocycles. The van der Waals surface area contributed by atoms with Gasteiger partial charge < -0.3 is 18.8 Å². The number of carbonyl (C=O) groups excluding carboxylic acids is 2. The van der Waals surface area contributed by atoms with Gasteiger partial charge in [0.25, 0.3) is 0 Å². The zero-order chi connectivity index (χ0) is 35.3. The highest BCUT2D eigenvalue weighted by molar-refractivity contribution is 8.00. The third kappa shape index (κ3) is 11.2. The Balaban J connectivity index is 0.000000649. The lowest BCUT2D eigenvalue weighted by molar-refractivity contribution is -0.0586. The maximum atomic E-state index is 12.1. The Kier molecular flexibility index (Phi) is 13.5. The van der Waals surface area contributed by atoms with Crippen molar-refractivity contribution < 1.29 is 96.7 Å². The van der Waals surface area contributed by atoms with Crippen molar-refractivity contribution in [2.75, 3.05) is 14.2 Å². The molecule has 254 valence electrons. The molecule has 0 fully saturated rings. The molecular formula is C17H15F9O13S5. The average Bonchev–Trinajstić information content (AvgIpc) is 3.35. The Morgan fingerprint density at radius 2 is 1.00 bits per heavy atom. The minimum Gasteiger partial charge on any atom is -0.506 e. The number of aryl methyl sites for hydroxylation is 2. The number of methoxy groups -OCH3 is 2. The first-order valence-corrected chi connectivity index (χ1v) is 15.7. The maximum Gasteiger partial charge on any atom is 0.534 e. The van der Waals surface area contributed by atoms with Gasteiger partial charge >= 0.3 is 58.8 Å². The number of thiophene rings is 2. The molecule has 13 nitrogen and oxygen atoms in total. The van der Waals surface area contributed by atoms with Crippen LogP contribution in [0.5, 0.6) is 11.5 Å². The Bertz CT molecular complexity index is 1610. The molecule has 0 unspecified atom stereocenters. The van der Waals surface area contributed by atoms with Gasteiger partial charge in [0.15, 0.2) is 15.5 Å². The summed E-state index contributed by atoms with van der Waals surface area (Å²) in [5.41, 5.74) is -18.1. The lowest BCUT2D eigenvalue weighted by atomic mass is 10.4. The van der Waals surface area contributed by atoms with Crippen LogP contribution in [0.2, 0.25) is 0 Å². The van der Waals surface area contributed by atoms with Crippen molar-refractivity contribution in [3.63, 3.8) is 0 Å². The lowest BCUT2D eigenvalue weighted by Gasteiger charge is -2.09. The molecule has 0 bridgehead atoms. The van der Waals surface area contributed by atoms with Gasteiger partial charge in [-0.15, -0.1) is 26.3 Å². The fourth-order valence-corrected chi connectivity index (χ4v) is 5.64. The molecule has 27 heteroatoms. The number of esters is 2. The van der Waals surface area contributed by atoms with Crippen molar-refractivity contribution in [3.05, 3.63) is 31.6 Å². The summed E-state index contributed by atoms with van der Waals surface area (Å²) in [6.45, 7) is 3.29. The van der Waals surface area contributed by atoms with E-state index in [1.54, 1.807) is 0 Å². The molecular weight excluding hydrogens is 743 g/mol. The number of alkyl halides is 9. The van der Waals surface area contributed by atoms with Crippen LogP contribution in [0.3, 0.4) is 0 Å². The number of aromatic hydroxyl groups is 1. The third-order valence-electron chi connectivity index (χ3n) is 3.63. The largest absolute Gasteiger partial charge is 0.534 e. The van der Waals surface area contributed by atoms with Crippen molar-refractivity contribution in [2.45, 2.75) is 30.4 Å². The Morgan fingerprint density at radius 1 is 0.659 bits per heavy atom. The lowest BCUT2D eigenvalue weighted by Crippen LogP contribution is -2.34. The predicted molar refractivity (Wildman–Crippen MR) is 129 cm³/mol. The fourth-order valence-electron chi connectivity index (χ4n) is 1.89. The summed E-state index contributed by atoms with van der Waals surface area (Å²) in [5, 5.41) is 9.14. The molecule has 0 radical (unpaired) electrons. The first kappa shape index (κ1) is 41.1. The van der Waals surface area contributed by atoms with E-state index in [2.05, 4.69) is 13.7 Å². The first-order valence-electron chi connectivity index (χ1n) is 9.85. The van der Waals surface area contributed by atoms with Crippen LogP contribution in [-0.2, 0) is 43.5 Å². The van der Waals surface area contributed by atoms with E-state index in [-0.39, 0.29) is 15.5 Å². The van der Waals surface area contributed by atoms with E-state index in [0.717, 1.165) is 29.4 Å². The van der Waals surface area contributed by atoms with E-state index < -0.39 is 64.6 Å². The molecule has 2 heterocycles. The average molecular weight is 759 g/mol. The molecule has 2 aromatic heterocycles. The first-order chi connectivity index (χ1) is 19.4. The normalized spacial score (nSPS) is 12.7. The van der Waals surface area contributed by atoms with Crippen LogP contribution in [0.1, 0.15) is 29.1 Å². The quantitative estimate of drug-likeness (QED) is 0.190. The second-order valence-corrected chi connectivity index (χ2v) is 14.3. The Labute approximate surface area is 249 Å². The van der Waals surface area contributed by atoms with E-state index in [1.807, 2.05) is 10.6 Å². The van der Waals surface area contributed by atoms with Gasteiger partial charge in [-0.1, -0.05) is 0 Å². The van der Waals surface area contributed by atoms with Crippen molar-refractivity contribution in [3.8, 4) is 11.5 Å². The fraction of sp³-hybridized carbons (Fsp3) is 0.412. The van der Waals surface area contributed by atoms with Crippen LogP contribution in [0.4, 0.5) is 39.5 Å². The topological polar surface area (TPSA) is 194 Å². The van der Waals surface area contributed by atoms with Gasteiger partial charge in [0.1, 0.15) is 5.75 Å². The number of hydrogen-bond acceptors (Lipinski definition) is 15. The minimum absolute atomic E-state index is 0.000602. The molecule has 0 saturated heterocycles. The smallest absolute Gasteiger partial charge is 0.506 e. The van der Waals surface area contributed by atoms with Gasteiger partial charge in [-0.2, -0.15) is 64.8 Å². The van der Waals surface area contributed by atoms with E-state index >= 15 is 0 Å². The molecule has 0 saturated carbocycles. The molecule has 0 aliphatic rings. The summed E-state index contributed by atoms with van der Waals surface area (Å²) in [7, 11) is -17.2. The Hall–Kier alpha value is -2.88. The SMILES string of the molecule is COC(=O)c1sc(C)cc1O.COC(=O)c1sc(C)cc1OS(=O)(=O)C(F)(F)F.O=S(=O)(OS(=O)(=O)C(F)(F)F)C(F)(F)F. The summed E-state index contributed by atoms with van der Waals surface area (Å²) in [6, 6.07) is 2.55. The van der Waals surface area contributed by atoms with Gasteiger partial charge in [0.2, 0.25) is 0 Å². The molecule has 0 atom stereocenters. The third-order valence-corrected chi connectivity index (χ3v) is 9.19.